The summed E-state index contributed by atoms with van der Waals surface area (Å²) in [5, 5.41) is 2.89. The average Bonchev–Trinajstić information content (AvgIpc) is 3.27. The van der Waals surface area contributed by atoms with Gasteiger partial charge in [-0.25, -0.2) is 0 Å². The van der Waals surface area contributed by atoms with Crippen LogP contribution < -0.4 is 19.7 Å². The van der Waals surface area contributed by atoms with Crippen LogP contribution in [0.2, 0.25) is 0 Å². The first-order valence-corrected chi connectivity index (χ1v) is 11.5. The molecule has 0 atom stereocenters. The normalized spacial score (nSPS) is 14.1. The van der Waals surface area contributed by atoms with Crippen molar-refractivity contribution in [2.24, 2.45) is 0 Å². The molecule has 2 heterocycles. The Bertz CT molecular complexity index is 1160. The smallest absolute Gasteiger partial charge is 0.258 e. The zero-order chi connectivity index (χ0) is 21.9. The fourth-order valence-electron chi connectivity index (χ4n) is 3.86. The van der Waals surface area contributed by atoms with Crippen LogP contribution >= 0.6 is 11.8 Å². The number of fused-ring (bicyclic) bond motifs is 2. The highest BCUT2D eigenvalue weighted by Gasteiger charge is 2.25. The van der Waals surface area contributed by atoms with E-state index in [1.54, 1.807) is 24.3 Å². The molecule has 162 valence electrons. The van der Waals surface area contributed by atoms with Gasteiger partial charge in [-0.2, -0.15) is 0 Å². The molecule has 6 nitrogen and oxygen atoms in total. The molecule has 2 aliphatic rings. The van der Waals surface area contributed by atoms with E-state index >= 15 is 0 Å². The Balaban J connectivity index is 1.17. The minimum absolute atomic E-state index is 0.0259. The van der Waals surface area contributed by atoms with Crippen molar-refractivity contribution in [2.75, 3.05) is 35.7 Å². The van der Waals surface area contributed by atoms with Crippen molar-refractivity contribution in [3.05, 3.63) is 77.9 Å². The number of amides is 2. The molecule has 0 unspecified atom stereocenters. The van der Waals surface area contributed by atoms with Crippen molar-refractivity contribution in [1.82, 2.24) is 0 Å². The van der Waals surface area contributed by atoms with Crippen molar-refractivity contribution in [2.45, 2.75) is 11.3 Å². The lowest BCUT2D eigenvalue weighted by molar-refractivity contribution is -0.113. The van der Waals surface area contributed by atoms with Gasteiger partial charge in [0, 0.05) is 28.4 Å². The Morgan fingerprint density at radius 3 is 2.56 bits per heavy atom. The molecule has 5 rings (SSSR count). The molecule has 0 radical (unpaired) electrons. The lowest BCUT2D eigenvalue weighted by Gasteiger charge is -2.18. The summed E-state index contributed by atoms with van der Waals surface area (Å²) < 4.78 is 11.1. The van der Waals surface area contributed by atoms with E-state index in [4.69, 9.17) is 9.47 Å². The van der Waals surface area contributed by atoms with Gasteiger partial charge in [-0.1, -0.05) is 18.2 Å². The number of thioether (sulfide) groups is 1. The standard InChI is InChI=1S/C25H22N2O4S/c28-24(16-32-20-9-10-22-23(15-20)31-14-13-30-22)26-19-7-5-18(6-8-19)25(29)27-12-11-17-3-1-2-4-21(17)27/h1-10,15H,11-14,16H2,(H,26,28). The number of rotatable bonds is 5. The minimum atomic E-state index is -0.113. The number of nitrogens with zero attached hydrogens (tertiary/aromatic N) is 1. The summed E-state index contributed by atoms with van der Waals surface area (Å²) in [6.07, 6.45) is 0.872. The van der Waals surface area contributed by atoms with Gasteiger partial charge in [-0.05, 0) is 60.5 Å². The molecular weight excluding hydrogens is 424 g/mol. The summed E-state index contributed by atoms with van der Waals surface area (Å²) in [7, 11) is 0. The van der Waals surface area contributed by atoms with E-state index in [2.05, 4.69) is 11.4 Å². The van der Waals surface area contributed by atoms with Crippen LogP contribution in [0.3, 0.4) is 0 Å². The first kappa shape index (κ1) is 20.5. The molecule has 0 aliphatic carbocycles. The van der Waals surface area contributed by atoms with Crippen molar-refractivity contribution >= 4 is 35.0 Å². The van der Waals surface area contributed by atoms with Gasteiger partial charge in [0.05, 0.1) is 5.75 Å². The van der Waals surface area contributed by atoms with Crippen LogP contribution in [0.25, 0.3) is 0 Å². The number of anilines is 2. The van der Waals surface area contributed by atoms with E-state index in [-0.39, 0.29) is 17.6 Å². The van der Waals surface area contributed by atoms with Crippen LogP contribution in [-0.2, 0) is 11.2 Å². The number of hydrogen-bond donors (Lipinski definition) is 1. The molecule has 3 aromatic carbocycles. The molecule has 0 aromatic heterocycles. The van der Waals surface area contributed by atoms with E-state index < -0.39 is 0 Å². The van der Waals surface area contributed by atoms with Crippen molar-refractivity contribution in [3.8, 4) is 11.5 Å². The fraction of sp³-hybridized carbons (Fsp3) is 0.200. The predicted octanol–water partition coefficient (Wildman–Crippen LogP) is 4.39. The highest BCUT2D eigenvalue weighted by atomic mass is 32.2. The highest BCUT2D eigenvalue weighted by Crippen LogP contribution is 2.34. The van der Waals surface area contributed by atoms with Crippen molar-refractivity contribution in [1.29, 1.82) is 0 Å². The highest BCUT2D eigenvalue weighted by molar-refractivity contribution is 8.00. The number of carbonyl (C=O) groups is 2. The minimum Gasteiger partial charge on any atom is -0.486 e. The number of hydrogen-bond acceptors (Lipinski definition) is 5. The molecule has 3 aromatic rings. The van der Waals surface area contributed by atoms with Crippen molar-refractivity contribution < 1.29 is 19.1 Å². The largest absolute Gasteiger partial charge is 0.486 e. The van der Waals surface area contributed by atoms with Gasteiger partial charge in [-0.3, -0.25) is 9.59 Å². The molecule has 2 aliphatic heterocycles. The van der Waals surface area contributed by atoms with E-state index in [1.165, 1.54) is 17.3 Å². The van der Waals surface area contributed by atoms with Gasteiger partial charge in [0.1, 0.15) is 13.2 Å². The fourth-order valence-corrected chi connectivity index (χ4v) is 4.59. The summed E-state index contributed by atoms with van der Waals surface area (Å²) in [5.74, 6) is 1.57. The second kappa shape index (κ2) is 8.96. The Hall–Kier alpha value is -3.45. The van der Waals surface area contributed by atoms with Gasteiger partial charge in [0.2, 0.25) is 5.91 Å². The van der Waals surface area contributed by atoms with Crippen LogP contribution in [-0.4, -0.2) is 37.3 Å². The predicted molar refractivity (Wildman–Crippen MR) is 125 cm³/mol. The third kappa shape index (κ3) is 4.29. The van der Waals surface area contributed by atoms with E-state index in [9.17, 15) is 9.59 Å². The molecule has 7 heteroatoms. The molecule has 0 saturated heterocycles. The molecule has 0 bridgehead atoms. The summed E-state index contributed by atoms with van der Waals surface area (Å²) in [5.41, 5.74) is 3.44. The maximum atomic E-state index is 12.9. The van der Waals surface area contributed by atoms with Crippen molar-refractivity contribution in [3.63, 3.8) is 0 Å². The molecule has 0 fully saturated rings. The Labute approximate surface area is 190 Å². The lowest BCUT2D eigenvalue weighted by atomic mass is 10.1. The van der Waals surface area contributed by atoms with Crippen LogP contribution in [0.5, 0.6) is 11.5 Å². The topological polar surface area (TPSA) is 67.9 Å². The zero-order valence-electron chi connectivity index (χ0n) is 17.4. The van der Waals surface area contributed by atoms with E-state index in [1.807, 2.05) is 41.3 Å². The van der Waals surface area contributed by atoms with Crippen LogP contribution in [0.4, 0.5) is 11.4 Å². The monoisotopic (exact) mass is 446 g/mol. The second-order valence-electron chi connectivity index (χ2n) is 7.56. The number of ether oxygens (including phenoxy) is 2. The Morgan fingerprint density at radius 1 is 0.938 bits per heavy atom. The average molecular weight is 447 g/mol. The molecule has 0 spiro atoms. The maximum absolute atomic E-state index is 12.9. The van der Waals surface area contributed by atoms with Gasteiger partial charge >= 0.3 is 0 Å². The first-order valence-electron chi connectivity index (χ1n) is 10.5. The van der Waals surface area contributed by atoms with Gasteiger partial charge in [-0.15, -0.1) is 11.8 Å². The molecule has 1 N–H and O–H groups in total. The van der Waals surface area contributed by atoms with Gasteiger partial charge in [0.25, 0.3) is 5.91 Å². The molecular formula is C25H22N2O4S. The quantitative estimate of drug-likeness (QED) is 0.589. The lowest BCUT2D eigenvalue weighted by Crippen LogP contribution is -2.28. The van der Waals surface area contributed by atoms with E-state index in [0.717, 1.165) is 22.8 Å². The number of benzene rings is 3. The van der Waals surface area contributed by atoms with Crippen LogP contribution in [0.15, 0.2) is 71.6 Å². The van der Waals surface area contributed by atoms with Crippen LogP contribution in [0, 0.1) is 0 Å². The summed E-state index contributed by atoms with van der Waals surface area (Å²) in [4.78, 5) is 28.1. The molecule has 2 amide bonds. The zero-order valence-corrected chi connectivity index (χ0v) is 18.2. The summed E-state index contributed by atoms with van der Waals surface area (Å²) >= 11 is 1.43. The summed E-state index contributed by atoms with van der Waals surface area (Å²) in [6.45, 7) is 1.77. The van der Waals surface area contributed by atoms with Crippen LogP contribution in [0.1, 0.15) is 15.9 Å². The summed E-state index contributed by atoms with van der Waals surface area (Å²) in [6, 6.07) is 20.7. The Kier molecular flexibility index (Phi) is 5.73. The third-order valence-corrected chi connectivity index (χ3v) is 6.43. The van der Waals surface area contributed by atoms with Gasteiger partial charge < -0.3 is 19.7 Å². The molecule has 32 heavy (non-hydrogen) atoms. The Morgan fingerprint density at radius 2 is 1.72 bits per heavy atom. The number of carbonyl (C=O) groups excluding carboxylic acids is 2. The SMILES string of the molecule is O=C(CSc1ccc2c(c1)OCCO2)Nc1ccc(C(=O)N2CCc3ccccc32)cc1. The first-order chi connectivity index (χ1) is 15.7. The molecule has 0 saturated carbocycles. The number of para-hydroxylation sites is 1. The maximum Gasteiger partial charge on any atom is 0.258 e. The second-order valence-corrected chi connectivity index (χ2v) is 8.60. The number of nitrogens with one attached hydrogen (secondary N) is 1. The van der Waals surface area contributed by atoms with E-state index in [0.29, 0.717) is 36.8 Å². The van der Waals surface area contributed by atoms with Gasteiger partial charge in [0.15, 0.2) is 11.5 Å². The third-order valence-electron chi connectivity index (χ3n) is 5.43.